The summed E-state index contributed by atoms with van der Waals surface area (Å²) in [6.07, 6.45) is 2.78. The van der Waals surface area contributed by atoms with Gasteiger partial charge >= 0.3 is 10.4 Å². The molecule has 1 atom stereocenters. The summed E-state index contributed by atoms with van der Waals surface area (Å²) >= 11 is 5.23. The second-order valence-electron chi connectivity index (χ2n) is 5.43. The van der Waals surface area contributed by atoms with Gasteiger partial charge in [-0.1, -0.05) is 0 Å². The van der Waals surface area contributed by atoms with Crippen LogP contribution in [0.4, 0.5) is 8.78 Å². The first-order chi connectivity index (χ1) is 12.1. The van der Waals surface area contributed by atoms with Gasteiger partial charge in [0.1, 0.15) is 12.4 Å². The third-order valence-corrected chi connectivity index (χ3v) is 3.87. The van der Waals surface area contributed by atoms with E-state index in [0.717, 1.165) is 11.8 Å². The van der Waals surface area contributed by atoms with E-state index in [4.69, 9.17) is 40.2 Å². The van der Waals surface area contributed by atoms with E-state index < -0.39 is 22.0 Å². The van der Waals surface area contributed by atoms with Crippen molar-refractivity contribution >= 4 is 27.7 Å². The lowest BCUT2D eigenvalue weighted by atomic mass is 10.0. The van der Waals surface area contributed by atoms with Crippen LogP contribution in [0.2, 0.25) is 0 Å². The Morgan fingerprint density at radius 2 is 2.04 bits per heavy atom. The van der Waals surface area contributed by atoms with Crippen LogP contribution in [0.15, 0.2) is 24.0 Å². The number of hydrogen-bond donors (Lipinski definition) is 3. The Hall–Kier alpha value is -1.86. The molecule has 26 heavy (non-hydrogen) atoms. The summed E-state index contributed by atoms with van der Waals surface area (Å²) in [7, 11) is -4.67. The van der Waals surface area contributed by atoms with Crippen LogP contribution >= 0.6 is 12.2 Å². The summed E-state index contributed by atoms with van der Waals surface area (Å²) < 4.78 is 64.1. The molecule has 8 nitrogen and oxygen atoms in total. The van der Waals surface area contributed by atoms with Crippen molar-refractivity contribution < 1.29 is 31.0 Å². The van der Waals surface area contributed by atoms with Crippen molar-refractivity contribution in [3.8, 4) is 5.75 Å². The van der Waals surface area contributed by atoms with E-state index in [9.17, 15) is 8.78 Å². The number of hydrogen-bond acceptors (Lipinski definition) is 5. The molecule has 0 aliphatic carbocycles. The Balaban J connectivity index is 0.000000431. The predicted octanol–water partition coefficient (Wildman–Crippen LogP) is 1.01. The van der Waals surface area contributed by atoms with Gasteiger partial charge in [0.25, 0.3) is 0 Å². The number of ether oxygens (including phenoxy) is 1. The zero-order valence-corrected chi connectivity index (χ0v) is 14.9. The van der Waals surface area contributed by atoms with Crippen LogP contribution < -0.4 is 15.8 Å². The Kier molecular flexibility index (Phi) is 6.47. The van der Waals surface area contributed by atoms with Crippen molar-refractivity contribution in [2.45, 2.75) is 18.9 Å². The van der Waals surface area contributed by atoms with Gasteiger partial charge in [-0.25, -0.2) is 14.1 Å². The molecule has 12 heteroatoms. The molecule has 0 bridgehead atoms. The zero-order valence-electron chi connectivity index (χ0n) is 13.3. The maximum Gasteiger partial charge on any atom is 0.394 e. The lowest BCUT2D eigenvalue weighted by Crippen LogP contribution is -2.44. The monoisotopic (exact) mass is 408 g/mol. The van der Waals surface area contributed by atoms with Crippen LogP contribution in [0, 0.1) is 11.6 Å². The molecule has 0 saturated carbocycles. The van der Waals surface area contributed by atoms with Gasteiger partial charge in [0.2, 0.25) is 0 Å². The van der Waals surface area contributed by atoms with Gasteiger partial charge in [-0.05, 0) is 24.8 Å². The number of benzene rings is 1. The number of halogens is 2. The molecule has 1 radical (unpaired) electrons. The first kappa shape index (κ1) is 20.5. The van der Waals surface area contributed by atoms with Gasteiger partial charge in [0.15, 0.2) is 16.7 Å². The van der Waals surface area contributed by atoms with Crippen molar-refractivity contribution in [1.29, 1.82) is 0 Å². The molecule has 0 spiro atoms. The molecule has 4 N–H and O–H groups in total. The molecule has 2 heterocycles. The van der Waals surface area contributed by atoms with E-state index in [2.05, 4.69) is 5.32 Å². The molecule has 0 amide bonds. The van der Waals surface area contributed by atoms with Gasteiger partial charge in [-0.2, -0.15) is 8.42 Å². The van der Waals surface area contributed by atoms with Crippen LogP contribution in [-0.2, 0) is 16.8 Å². The molecule has 2 aliphatic heterocycles. The lowest BCUT2D eigenvalue weighted by Gasteiger charge is -2.34. The third kappa shape index (κ3) is 5.32. The Morgan fingerprint density at radius 3 is 2.65 bits per heavy atom. The second-order valence-corrected chi connectivity index (χ2v) is 6.69. The highest BCUT2D eigenvalue weighted by molar-refractivity contribution is 7.80. The first-order valence-corrected chi connectivity index (χ1v) is 9.14. The van der Waals surface area contributed by atoms with E-state index in [1.165, 1.54) is 6.07 Å². The van der Waals surface area contributed by atoms with E-state index in [1.807, 2.05) is 4.90 Å². The highest BCUT2D eigenvalue weighted by atomic mass is 32.3. The molecule has 0 fully saturated rings. The van der Waals surface area contributed by atoms with Crippen molar-refractivity contribution in [3.63, 3.8) is 0 Å². The molecule has 2 aliphatic rings. The van der Waals surface area contributed by atoms with Crippen LogP contribution in [0.5, 0.6) is 5.75 Å². The highest BCUT2D eigenvalue weighted by Crippen LogP contribution is 2.32. The minimum atomic E-state index is -4.67. The number of fused-ring (bicyclic) bond motifs is 1. The standard InChI is InChI=1S/C14H14F2N3OS.H2O4S/c15-9-3-8-4-11(7-20-13(8)12(16)5-9)19-10(1-2-17)6-18-14(19)21;1-5(2,3)4/h3,5-6,11H,1-2,4,7,17H2;(H2,1,2,3,4)/t11-;/m1./s1. The predicted molar refractivity (Wildman–Crippen MR) is 91.8 cm³/mol. The van der Waals surface area contributed by atoms with Crippen molar-refractivity contribution in [2.75, 3.05) is 13.2 Å². The number of nitrogens with zero attached hydrogens (tertiary/aromatic N) is 2. The minimum Gasteiger partial charge on any atom is -0.488 e. The fourth-order valence-electron chi connectivity index (χ4n) is 2.69. The fraction of sp³-hybridized carbons (Fsp3) is 0.357. The quantitative estimate of drug-likeness (QED) is 0.500. The van der Waals surface area contributed by atoms with Gasteiger partial charge in [0, 0.05) is 36.4 Å². The topological polar surface area (TPSA) is 127 Å². The van der Waals surface area contributed by atoms with Crippen LogP contribution in [0.25, 0.3) is 0 Å². The molecule has 3 rings (SSSR count). The molecule has 143 valence electrons. The van der Waals surface area contributed by atoms with Gasteiger partial charge < -0.3 is 15.4 Å². The number of thiocarbonyl (C=S) groups is 1. The summed E-state index contributed by atoms with van der Waals surface area (Å²) in [4.78, 5) is 1.87. The molecule has 1 aromatic rings. The zero-order chi connectivity index (χ0) is 19.5. The van der Waals surface area contributed by atoms with Crippen LogP contribution in [-0.4, -0.2) is 46.7 Å². The third-order valence-electron chi connectivity index (χ3n) is 3.57. The summed E-state index contributed by atoms with van der Waals surface area (Å²) in [5, 5.41) is 4.56. The summed E-state index contributed by atoms with van der Waals surface area (Å²) in [6.45, 7) is 0.751. The molecular weight excluding hydrogens is 392 g/mol. The molecule has 1 aromatic carbocycles. The average Bonchev–Trinajstić information content (AvgIpc) is 2.86. The Morgan fingerprint density at radius 1 is 1.38 bits per heavy atom. The van der Waals surface area contributed by atoms with E-state index in [0.29, 0.717) is 30.1 Å². The van der Waals surface area contributed by atoms with E-state index >= 15 is 0 Å². The second kappa shape index (κ2) is 8.22. The van der Waals surface area contributed by atoms with Gasteiger partial charge in [0.05, 0.1) is 6.04 Å². The smallest absolute Gasteiger partial charge is 0.394 e. The lowest BCUT2D eigenvalue weighted by molar-refractivity contribution is 0.188. The van der Waals surface area contributed by atoms with E-state index in [1.54, 1.807) is 6.20 Å². The van der Waals surface area contributed by atoms with E-state index in [-0.39, 0.29) is 18.4 Å². The minimum absolute atomic E-state index is 0.124. The Bertz CT molecular complexity index is 824. The average molecular weight is 408 g/mol. The summed E-state index contributed by atoms with van der Waals surface area (Å²) in [5.41, 5.74) is 7.00. The summed E-state index contributed by atoms with van der Waals surface area (Å²) in [6, 6.07) is 2.00. The molecule has 0 unspecified atom stereocenters. The maximum atomic E-state index is 13.7. The number of rotatable bonds is 3. The largest absolute Gasteiger partial charge is 0.488 e. The summed E-state index contributed by atoms with van der Waals surface area (Å²) in [5.74, 6) is -1.16. The normalized spacial score (nSPS) is 19.0. The Labute approximate surface area is 154 Å². The van der Waals surface area contributed by atoms with Crippen molar-refractivity contribution in [2.24, 2.45) is 5.73 Å². The van der Waals surface area contributed by atoms with Crippen molar-refractivity contribution in [1.82, 2.24) is 10.2 Å². The molecule has 0 saturated heterocycles. The van der Waals surface area contributed by atoms with Crippen molar-refractivity contribution in [3.05, 3.63) is 41.2 Å². The molecule has 0 aromatic heterocycles. The number of nitrogens with two attached hydrogens (primary N) is 1. The maximum absolute atomic E-state index is 13.7. The first-order valence-electron chi connectivity index (χ1n) is 7.34. The molecular formula is C14H16F2N3O5S2. The van der Waals surface area contributed by atoms with Crippen LogP contribution in [0.1, 0.15) is 12.0 Å². The SMILES string of the molecule is NCCC1=C[N]C(=S)N1[C@H]1COc2c(F)cc(F)cc2C1.O=S(=O)(O)O. The highest BCUT2D eigenvalue weighted by Gasteiger charge is 2.33. The van der Waals surface area contributed by atoms with Gasteiger partial charge in [-0.15, -0.1) is 0 Å². The fourth-order valence-corrected chi connectivity index (χ4v) is 3.00. The van der Waals surface area contributed by atoms with Gasteiger partial charge in [-0.3, -0.25) is 9.11 Å². The van der Waals surface area contributed by atoms with Crippen LogP contribution in [0.3, 0.4) is 0 Å².